The predicted molar refractivity (Wildman–Crippen MR) is 99.2 cm³/mol. The zero-order chi connectivity index (χ0) is 16.7. The minimum absolute atomic E-state index is 0.146. The minimum Gasteiger partial charge on any atom is -0.283 e. The molecule has 6 heteroatoms. The maximum Gasteiger partial charge on any atom is 0.244 e. The molecule has 0 amide bonds. The smallest absolute Gasteiger partial charge is 0.244 e. The van der Waals surface area contributed by atoms with Gasteiger partial charge in [-0.05, 0) is 51.2 Å². The molecule has 0 aliphatic heterocycles. The highest BCUT2D eigenvalue weighted by molar-refractivity contribution is 8.02. The molecule has 0 fully saturated rings. The molecule has 0 saturated carbocycles. The van der Waals surface area contributed by atoms with Gasteiger partial charge < -0.3 is 0 Å². The van der Waals surface area contributed by atoms with Crippen molar-refractivity contribution in [2.24, 2.45) is 0 Å². The van der Waals surface area contributed by atoms with E-state index in [0.29, 0.717) is 0 Å². The van der Waals surface area contributed by atoms with Crippen LogP contribution in [0.3, 0.4) is 0 Å². The second kappa shape index (κ2) is 6.33. The van der Waals surface area contributed by atoms with Gasteiger partial charge in [-0.25, -0.2) is 0 Å². The summed E-state index contributed by atoms with van der Waals surface area (Å²) in [5.41, 5.74) is 3.64. The Hall–Kier alpha value is -1.66. The number of aromatic nitrogens is 3. The van der Waals surface area contributed by atoms with Crippen molar-refractivity contribution in [1.29, 1.82) is 0 Å². The lowest BCUT2D eigenvalue weighted by molar-refractivity contribution is 0.0917. The lowest BCUT2D eigenvalue weighted by Crippen LogP contribution is -2.24. The van der Waals surface area contributed by atoms with Crippen LogP contribution in [0.4, 0.5) is 0 Å². The summed E-state index contributed by atoms with van der Waals surface area (Å²) in [7, 11) is 0. The van der Waals surface area contributed by atoms with Gasteiger partial charge in [-0.3, -0.25) is 9.36 Å². The van der Waals surface area contributed by atoms with Gasteiger partial charge in [0.05, 0.1) is 10.8 Å². The molecule has 2 aromatic heterocycles. The Balaban J connectivity index is 1.74. The fourth-order valence-electron chi connectivity index (χ4n) is 3.46. The van der Waals surface area contributed by atoms with Gasteiger partial charge >= 0.3 is 0 Å². The van der Waals surface area contributed by atoms with Crippen LogP contribution in [0.25, 0.3) is 10.9 Å². The average molecular weight is 358 g/mol. The minimum atomic E-state index is -0.181. The molecule has 4 nitrogen and oxygen atoms in total. The molecule has 0 N–H and O–H groups in total. The number of hydrogen-bond donors (Lipinski definition) is 0. The van der Waals surface area contributed by atoms with Crippen molar-refractivity contribution in [3.8, 4) is 0 Å². The maximum atomic E-state index is 13.2. The second-order valence-corrected chi connectivity index (χ2v) is 8.94. The van der Waals surface area contributed by atoms with Crippen molar-refractivity contribution in [1.82, 2.24) is 14.8 Å². The van der Waals surface area contributed by atoms with Crippen LogP contribution in [0.5, 0.6) is 0 Å². The van der Waals surface area contributed by atoms with Crippen molar-refractivity contribution in [2.45, 2.75) is 49.1 Å². The lowest BCUT2D eigenvalue weighted by atomic mass is 9.95. The number of para-hydroxylation sites is 1. The van der Waals surface area contributed by atoms with Gasteiger partial charge in [0, 0.05) is 11.1 Å². The summed E-state index contributed by atoms with van der Waals surface area (Å²) in [5.74, 6) is 0.146. The van der Waals surface area contributed by atoms with E-state index in [0.717, 1.165) is 34.1 Å². The lowest BCUT2D eigenvalue weighted by Gasteiger charge is -2.17. The molecular formula is C18H19N3OS2. The number of fused-ring (bicyclic) bond motifs is 3. The molecule has 124 valence electrons. The number of hydrogen-bond acceptors (Lipinski definition) is 5. The molecule has 4 rings (SSSR count). The number of benzene rings is 1. The number of carbonyl (C=O) groups is 1. The van der Waals surface area contributed by atoms with Crippen LogP contribution in [-0.2, 0) is 12.8 Å². The molecule has 1 aliphatic carbocycles. The first-order valence-corrected chi connectivity index (χ1v) is 9.97. The normalized spacial score (nSPS) is 15.4. The van der Waals surface area contributed by atoms with Gasteiger partial charge in [-0.1, -0.05) is 41.3 Å². The fourth-order valence-corrected chi connectivity index (χ4v) is 5.46. The third-order valence-corrected chi connectivity index (χ3v) is 6.54. The van der Waals surface area contributed by atoms with Crippen LogP contribution in [0, 0.1) is 6.92 Å². The standard InChI is InChI=1S/C18H19N3OS2/c1-11(23-18-20-19-12(2)24-18)17(22)21-15-9-5-3-7-13(15)14-8-4-6-10-16(14)21/h3,5,7,9,11H,4,6,8,10H2,1-2H3. The van der Waals surface area contributed by atoms with E-state index in [1.807, 2.05) is 24.5 Å². The summed E-state index contributed by atoms with van der Waals surface area (Å²) in [6, 6.07) is 8.30. The van der Waals surface area contributed by atoms with Gasteiger partial charge in [0.1, 0.15) is 5.01 Å². The molecule has 1 aliphatic rings. The number of nitrogens with zero attached hydrogens (tertiary/aromatic N) is 3. The Morgan fingerprint density at radius 2 is 2.04 bits per heavy atom. The van der Waals surface area contributed by atoms with Crippen LogP contribution >= 0.6 is 23.1 Å². The molecule has 0 spiro atoms. The van der Waals surface area contributed by atoms with E-state index < -0.39 is 0 Å². The highest BCUT2D eigenvalue weighted by Crippen LogP contribution is 2.34. The van der Waals surface area contributed by atoms with Gasteiger partial charge in [0.15, 0.2) is 4.34 Å². The molecule has 1 atom stereocenters. The van der Waals surface area contributed by atoms with E-state index in [9.17, 15) is 4.79 Å². The predicted octanol–water partition coefficient (Wildman–Crippen LogP) is 4.50. The first-order valence-electron chi connectivity index (χ1n) is 8.27. The molecule has 1 aromatic carbocycles. The van der Waals surface area contributed by atoms with Crippen LogP contribution < -0.4 is 0 Å². The Morgan fingerprint density at radius 1 is 1.25 bits per heavy atom. The molecule has 24 heavy (non-hydrogen) atoms. The van der Waals surface area contributed by atoms with Crippen molar-refractivity contribution < 1.29 is 4.79 Å². The van der Waals surface area contributed by atoms with E-state index in [-0.39, 0.29) is 11.2 Å². The average Bonchev–Trinajstić information content (AvgIpc) is 3.15. The summed E-state index contributed by atoms with van der Waals surface area (Å²) in [6.45, 7) is 3.90. The Bertz CT molecular complexity index is 912. The van der Waals surface area contributed by atoms with Gasteiger partial charge in [-0.15, -0.1) is 10.2 Å². The molecule has 0 radical (unpaired) electrons. The summed E-state index contributed by atoms with van der Waals surface area (Å²) >= 11 is 3.05. The van der Waals surface area contributed by atoms with E-state index in [4.69, 9.17) is 0 Å². The fraction of sp³-hybridized carbons (Fsp3) is 0.389. The quantitative estimate of drug-likeness (QED) is 0.648. The van der Waals surface area contributed by atoms with Crippen LogP contribution in [0.2, 0.25) is 0 Å². The van der Waals surface area contributed by atoms with Crippen molar-refractivity contribution in [3.05, 3.63) is 40.5 Å². The monoisotopic (exact) mass is 357 g/mol. The molecule has 0 bridgehead atoms. The summed E-state index contributed by atoms with van der Waals surface area (Å²) in [6.07, 6.45) is 4.44. The van der Waals surface area contributed by atoms with E-state index in [1.165, 1.54) is 34.8 Å². The first-order chi connectivity index (χ1) is 11.6. The van der Waals surface area contributed by atoms with Gasteiger partial charge in [0.25, 0.3) is 0 Å². The zero-order valence-electron chi connectivity index (χ0n) is 13.8. The van der Waals surface area contributed by atoms with Gasteiger partial charge in [-0.2, -0.15) is 0 Å². The van der Waals surface area contributed by atoms with Gasteiger partial charge in [0.2, 0.25) is 5.91 Å². The highest BCUT2D eigenvalue weighted by Gasteiger charge is 2.26. The second-order valence-electron chi connectivity index (χ2n) is 6.17. The highest BCUT2D eigenvalue weighted by atomic mass is 32.2. The van der Waals surface area contributed by atoms with E-state index in [2.05, 4.69) is 28.4 Å². The molecular weight excluding hydrogens is 338 g/mol. The maximum absolute atomic E-state index is 13.2. The molecule has 0 saturated heterocycles. The summed E-state index contributed by atoms with van der Waals surface area (Å²) in [4.78, 5) is 13.2. The zero-order valence-corrected chi connectivity index (χ0v) is 15.4. The number of aryl methyl sites for hydroxylation is 2. The van der Waals surface area contributed by atoms with Crippen molar-refractivity contribution in [3.63, 3.8) is 0 Å². The van der Waals surface area contributed by atoms with E-state index >= 15 is 0 Å². The van der Waals surface area contributed by atoms with Crippen LogP contribution in [0.1, 0.15) is 40.8 Å². The topological polar surface area (TPSA) is 47.8 Å². The van der Waals surface area contributed by atoms with Crippen molar-refractivity contribution in [2.75, 3.05) is 0 Å². The van der Waals surface area contributed by atoms with Crippen LogP contribution in [0.15, 0.2) is 28.6 Å². The molecule has 1 unspecified atom stereocenters. The molecule has 3 aromatic rings. The first kappa shape index (κ1) is 15.8. The molecule has 2 heterocycles. The summed E-state index contributed by atoms with van der Waals surface area (Å²) < 4.78 is 2.83. The largest absolute Gasteiger partial charge is 0.283 e. The Kier molecular flexibility index (Phi) is 4.18. The Labute approximate surface area is 149 Å². The number of carbonyl (C=O) groups excluding carboxylic acids is 1. The summed E-state index contributed by atoms with van der Waals surface area (Å²) in [5, 5.41) is 10.2. The SMILES string of the molecule is Cc1nnc(SC(C)C(=O)n2c3c(c4ccccc42)CCCC3)s1. The third-order valence-electron chi connectivity index (χ3n) is 4.53. The van der Waals surface area contributed by atoms with Crippen molar-refractivity contribution >= 4 is 39.9 Å². The van der Waals surface area contributed by atoms with E-state index in [1.54, 1.807) is 11.3 Å². The number of thioether (sulfide) groups is 1. The number of rotatable bonds is 3. The third kappa shape index (κ3) is 2.67. The van der Waals surface area contributed by atoms with Crippen LogP contribution in [-0.4, -0.2) is 25.9 Å². The Morgan fingerprint density at radius 3 is 2.83 bits per heavy atom.